The molecule has 1 heterocycles. The number of hydrogen-bond donors (Lipinski definition) is 0. The molecule has 0 N–H and O–H groups in total. The van der Waals surface area contributed by atoms with Gasteiger partial charge in [0.25, 0.3) is 11.1 Å². The third kappa shape index (κ3) is 5.58. The topological polar surface area (TPSA) is 82.1 Å². The lowest BCUT2D eigenvalue weighted by atomic mass is 10.1. The number of amides is 2. The summed E-state index contributed by atoms with van der Waals surface area (Å²) < 4.78 is 15.8. The molecule has 1 saturated heterocycles. The van der Waals surface area contributed by atoms with E-state index in [0.29, 0.717) is 38.7 Å². The molecule has 0 aliphatic carbocycles. The van der Waals surface area contributed by atoms with Crippen molar-refractivity contribution in [2.24, 2.45) is 0 Å². The summed E-state index contributed by atoms with van der Waals surface area (Å²) in [4.78, 5) is 37.7. The second-order valence-corrected chi connectivity index (χ2v) is 9.05. The second kappa shape index (κ2) is 10.7. The number of carbonyl (C=O) groups excluding carboxylic acids is 3. The summed E-state index contributed by atoms with van der Waals surface area (Å²) in [5.74, 6) is -0.683. The first-order valence-corrected chi connectivity index (χ1v) is 11.4. The average molecular weight is 531 g/mol. The molecular formula is C22H18Cl3NO6S. The van der Waals surface area contributed by atoms with Crippen LogP contribution in [-0.4, -0.2) is 42.3 Å². The van der Waals surface area contributed by atoms with Crippen LogP contribution in [0.3, 0.4) is 0 Å². The molecule has 1 aliphatic rings. The van der Waals surface area contributed by atoms with Crippen LogP contribution < -0.4 is 9.47 Å². The molecule has 33 heavy (non-hydrogen) atoms. The third-order valence-electron chi connectivity index (χ3n) is 4.69. The van der Waals surface area contributed by atoms with E-state index in [2.05, 4.69) is 4.74 Å². The zero-order valence-electron chi connectivity index (χ0n) is 17.7. The van der Waals surface area contributed by atoms with Crippen LogP contribution in [0.2, 0.25) is 15.1 Å². The number of rotatable bonds is 7. The molecule has 0 saturated carbocycles. The Bertz CT molecular complexity index is 1150. The van der Waals surface area contributed by atoms with E-state index in [1.807, 2.05) is 0 Å². The molecule has 0 unspecified atom stereocenters. The highest BCUT2D eigenvalue weighted by atomic mass is 35.5. The lowest BCUT2D eigenvalue weighted by Crippen LogP contribution is -2.42. The van der Waals surface area contributed by atoms with Gasteiger partial charge in [-0.25, -0.2) is 4.79 Å². The number of thioether (sulfide) groups is 1. The maximum absolute atomic E-state index is 12.7. The number of benzene rings is 2. The maximum atomic E-state index is 12.7. The Morgan fingerprint density at radius 1 is 1.12 bits per heavy atom. The number of hydrogen-bond acceptors (Lipinski definition) is 7. The summed E-state index contributed by atoms with van der Waals surface area (Å²) >= 11 is 19.2. The molecular weight excluding hydrogens is 513 g/mol. The molecule has 174 valence electrons. The highest BCUT2D eigenvalue weighted by Gasteiger charge is 2.41. The second-order valence-electron chi connectivity index (χ2n) is 6.81. The zero-order chi connectivity index (χ0) is 24.3. The van der Waals surface area contributed by atoms with E-state index in [1.54, 1.807) is 30.3 Å². The number of ether oxygens (including phenoxy) is 3. The molecule has 1 atom stereocenters. The Morgan fingerprint density at radius 3 is 2.48 bits per heavy atom. The van der Waals surface area contributed by atoms with Gasteiger partial charge in [-0.2, -0.15) is 0 Å². The van der Waals surface area contributed by atoms with Crippen LogP contribution in [0.4, 0.5) is 4.79 Å². The standard InChI is InChI=1S/C22H18Cl3NO6S/c1-11(21(28)31-3)26-20(27)18(33-22(26)29)8-12-6-16(25)19(17(7-12)30-2)32-10-13-4-5-14(23)9-15(13)24/h4-9,11H,10H2,1-3H3/b18-8+/t11-/m1/s1. The summed E-state index contributed by atoms with van der Waals surface area (Å²) in [6.45, 7) is 1.54. The van der Waals surface area contributed by atoms with Gasteiger partial charge in [-0.15, -0.1) is 0 Å². The van der Waals surface area contributed by atoms with Crippen LogP contribution in [0.15, 0.2) is 35.2 Å². The lowest BCUT2D eigenvalue weighted by molar-refractivity contribution is -0.148. The molecule has 1 aliphatic heterocycles. The smallest absolute Gasteiger partial charge is 0.328 e. The van der Waals surface area contributed by atoms with Crippen molar-refractivity contribution in [1.82, 2.24) is 4.90 Å². The quantitative estimate of drug-likeness (QED) is 0.329. The third-order valence-corrected chi connectivity index (χ3v) is 6.44. The highest BCUT2D eigenvalue weighted by molar-refractivity contribution is 8.18. The van der Waals surface area contributed by atoms with Crippen LogP contribution in [0.1, 0.15) is 18.1 Å². The summed E-state index contributed by atoms with van der Waals surface area (Å²) in [6, 6.07) is 7.19. The average Bonchev–Trinajstić information content (AvgIpc) is 3.05. The van der Waals surface area contributed by atoms with Gasteiger partial charge >= 0.3 is 5.97 Å². The van der Waals surface area contributed by atoms with E-state index >= 15 is 0 Å². The Balaban J connectivity index is 1.84. The van der Waals surface area contributed by atoms with Crippen molar-refractivity contribution in [3.8, 4) is 11.5 Å². The predicted octanol–water partition coefficient (Wildman–Crippen LogP) is 5.83. The molecule has 7 nitrogen and oxygen atoms in total. The van der Waals surface area contributed by atoms with Crippen molar-refractivity contribution in [3.05, 3.63) is 61.4 Å². The Morgan fingerprint density at radius 2 is 1.85 bits per heavy atom. The van der Waals surface area contributed by atoms with E-state index in [0.717, 1.165) is 4.90 Å². The van der Waals surface area contributed by atoms with E-state index in [1.165, 1.54) is 27.2 Å². The number of methoxy groups -OCH3 is 2. The van der Waals surface area contributed by atoms with Gasteiger partial charge in [0.1, 0.15) is 12.6 Å². The highest BCUT2D eigenvalue weighted by Crippen LogP contribution is 2.40. The number of imide groups is 1. The van der Waals surface area contributed by atoms with Crippen molar-refractivity contribution in [2.75, 3.05) is 14.2 Å². The molecule has 2 aromatic rings. The summed E-state index contributed by atoms with van der Waals surface area (Å²) in [7, 11) is 2.63. The molecule has 0 radical (unpaired) electrons. The van der Waals surface area contributed by atoms with Crippen molar-refractivity contribution >= 4 is 69.8 Å². The van der Waals surface area contributed by atoms with Crippen LogP contribution in [0.5, 0.6) is 11.5 Å². The fourth-order valence-electron chi connectivity index (χ4n) is 2.99. The van der Waals surface area contributed by atoms with Crippen LogP contribution in [0.25, 0.3) is 6.08 Å². The van der Waals surface area contributed by atoms with E-state index in [4.69, 9.17) is 44.3 Å². The van der Waals surface area contributed by atoms with Gasteiger partial charge in [-0.05, 0) is 54.6 Å². The van der Waals surface area contributed by atoms with Gasteiger partial charge in [0.05, 0.1) is 24.1 Å². The molecule has 0 aromatic heterocycles. The first-order valence-electron chi connectivity index (χ1n) is 9.45. The van der Waals surface area contributed by atoms with Gasteiger partial charge in [0.15, 0.2) is 11.5 Å². The van der Waals surface area contributed by atoms with E-state index < -0.39 is 23.2 Å². The maximum Gasteiger partial charge on any atom is 0.328 e. The molecule has 0 spiro atoms. The monoisotopic (exact) mass is 529 g/mol. The molecule has 1 fully saturated rings. The molecule has 11 heteroatoms. The largest absolute Gasteiger partial charge is 0.493 e. The minimum atomic E-state index is -1.04. The van der Waals surface area contributed by atoms with Crippen molar-refractivity contribution in [3.63, 3.8) is 0 Å². The van der Waals surface area contributed by atoms with E-state index in [-0.39, 0.29) is 22.3 Å². The predicted molar refractivity (Wildman–Crippen MR) is 128 cm³/mol. The molecule has 2 amide bonds. The van der Waals surface area contributed by atoms with E-state index in [9.17, 15) is 14.4 Å². The molecule has 0 bridgehead atoms. The van der Waals surface area contributed by atoms with Gasteiger partial charge in [-0.3, -0.25) is 14.5 Å². The minimum absolute atomic E-state index is 0.121. The summed E-state index contributed by atoms with van der Waals surface area (Å²) in [5.41, 5.74) is 1.21. The van der Waals surface area contributed by atoms with Gasteiger partial charge in [0, 0.05) is 15.6 Å². The van der Waals surface area contributed by atoms with Gasteiger partial charge in [-0.1, -0.05) is 40.9 Å². The first-order chi connectivity index (χ1) is 15.7. The Hall–Kier alpha value is -2.39. The lowest BCUT2D eigenvalue weighted by Gasteiger charge is -2.18. The van der Waals surface area contributed by atoms with Crippen molar-refractivity contribution in [1.29, 1.82) is 0 Å². The fourth-order valence-corrected chi connectivity index (χ4v) is 4.64. The van der Waals surface area contributed by atoms with Crippen molar-refractivity contribution in [2.45, 2.75) is 19.6 Å². The van der Waals surface area contributed by atoms with Crippen LogP contribution >= 0.6 is 46.6 Å². The van der Waals surface area contributed by atoms with Crippen LogP contribution in [-0.2, 0) is 20.9 Å². The number of nitrogens with zero attached hydrogens (tertiary/aromatic N) is 1. The van der Waals surface area contributed by atoms with Crippen molar-refractivity contribution < 1.29 is 28.6 Å². The molecule has 2 aromatic carbocycles. The normalized spacial score (nSPS) is 15.7. The number of carbonyl (C=O) groups is 3. The number of esters is 1. The Kier molecular flexibility index (Phi) is 8.18. The summed E-state index contributed by atoms with van der Waals surface area (Å²) in [6.07, 6.45) is 1.49. The Labute approximate surface area is 209 Å². The fraction of sp³-hybridized carbons (Fsp3) is 0.227. The minimum Gasteiger partial charge on any atom is -0.493 e. The SMILES string of the molecule is COC(=O)[C@@H](C)N1C(=O)S/C(=C/c2cc(Cl)c(OCc3ccc(Cl)cc3Cl)c(OC)c2)C1=O. The first kappa shape index (κ1) is 25.2. The zero-order valence-corrected chi connectivity index (χ0v) is 20.8. The van der Waals surface area contributed by atoms with Gasteiger partial charge < -0.3 is 14.2 Å². The number of halogens is 3. The van der Waals surface area contributed by atoms with Crippen LogP contribution in [0, 0.1) is 0 Å². The molecule has 3 rings (SSSR count). The van der Waals surface area contributed by atoms with Gasteiger partial charge in [0.2, 0.25) is 0 Å². The summed E-state index contributed by atoms with van der Waals surface area (Å²) in [5, 5.41) is 0.620.